The molecule has 0 aromatic heterocycles. The van der Waals surface area contributed by atoms with Crippen LogP contribution in [0.1, 0.15) is 45.4 Å². The summed E-state index contributed by atoms with van der Waals surface area (Å²) in [5.41, 5.74) is 0. The molecule has 0 rings (SSSR count). The fourth-order valence-electron chi connectivity index (χ4n) is 1.25. The predicted molar refractivity (Wildman–Crippen MR) is 67.9 cm³/mol. The zero-order valence-electron chi connectivity index (χ0n) is 9.86. The second kappa shape index (κ2) is 13.2. The van der Waals surface area contributed by atoms with Crippen LogP contribution in [0.25, 0.3) is 0 Å². The van der Waals surface area contributed by atoms with E-state index in [1.807, 2.05) is 6.08 Å². The van der Waals surface area contributed by atoms with Crippen molar-refractivity contribution in [3.8, 4) is 0 Å². The Hall–Kier alpha value is -0.820. The molecular formula is C14H24O. The van der Waals surface area contributed by atoms with E-state index in [2.05, 4.69) is 31.2 Å². The third-order valence-electron chi connectivity index (χ3n) is 2.12. The second-order valence-electron chi connectivity index (χ2n) is 3.56. The molecule has 0 saturated carbocycles. The van der Waals surface area contributed by atoms with Gasteiger partial charge in [0.25, 0.3) is 0 Å². The van der Waals surface area contributed by atoms with E-state index in [0.29, 0.717) is 0 Å². The maximum absolute atomic E-state index is 8.49. The monoisotopic (exact) mass is 208 g/mol. The van der Waals surface area contributed by atoms with E-state index in [4.69, 9.17) is 5.11 Å². The molecule has 0 atom stereocenters. The Balaban J connectivity index is 3.24. The zero-order chi connectivity index (χ0) is 11.2. The molecule has 0 aliphatic heterocycles. The largest absolute Gasteiger partial charge is 0.392 e. The van der Waals surface area contributed by atoms with Crippen molar-refractivity contribution in [2.75, 3.05) is 6.61 Å². The van der Waals surface area contributed by atoms with Gasteiger partial charge < -0.3 is 5.11 Å². The summed E-state index contributed by atoms with van der Waals surface area (Å²) < 4.78 is 0. The molecule has 0 aromatic carbocycles. The van der Waals surface area contributed by atoms with Gasteiger partial charge in [-0.05, 0) is 25.7 Å². The molecule has 0 unspecified atom stereocenters. The number of hydrogen-bond acceptors (Lipinski definition) is 1. The van der Waals surface area contributed by atoms with Crippen LogP contribution in [-0.4, -0.2) is 11.7 Å². The van der Waals surface area contributed by atoms with Crippen LogP contribution >= 0.6 is 0 Å². The molecule has 0 amide bonds. The summed E-state index contributed by atoms with van der Waals surface area (Å²) in [5, 5.41) is 8.49. The minimum absolute atomic E-state index is 0.144. The van der Waals surface area contributed by atoms with Crippen molar-refractivity contribution in [1.29, 1.82) is 0 Å². The van der Waals surface area contributed by atoms with Gasteiger partial charge in [-0.2, -0.15) is 0 Å². The fourth-order valence-corrected chi connectivity index (χ4v) is 1.25. The number of aliphatic hydroxyl groups is 1. The summed E-state index contributed by atoms with van der Waals surface area (Å²) in [7, 11) is 0. The fraction of sp³-hybridized carbons (Fsp3) is 0.571. The molecule has 0 aliphatic rings. The van der Waals surface area contributed by atoms with Crippen molar-refractivity contribution in [2.24, 2.45) is 0 Å². The van der Waals surface area contributed by atoms with Gasteiger partial charge in [0.1, 0.15) is 0 Å². The number of hydrogen-bond donors (Lipinski definition) is 1. The Morgan fingerprint density at radius 2 is 1.40 bits per heavy atom. The molecular weight excluding hydrogens is 184 g/mol. The van der Waals surface area contributed by atoms with Crippen molar-refractivity contribution in [3.05, 3.63) is 36.5 Å². The molecule has 0 radical (unpaired) electrons. The summed E-state index contributed by atoms with van der Waals surface area (Å²) >= 11 is 0. The molecule has 0 bridgehead atoms. The van der Waals surface area contributed by atoms with Crippen molar-refractivity contribution >= 4 is 0 Å². The Bertz CT molecular complexity index is 190. The molecule has 1 heteroatoms. The lowest BCUT2D eigenvalue weighted by molar-refractivity contribution is 0.342. The molecule has 0 spiro atoms. The topological polar surface area (TPSA) is 20.2 Å². The van der Waals surface area contributed by atoms with Crippen LogP contribution < -0.4 is 0 Å². The standard InChI is InChI=1S/C14H24O/c1-2-3-4-5-6-7-8-9-10-11-12-13-14-15/h6-7,9-10,12-13,15H,2-5,8,11,14H2,1H3/b7-6-,10-9-,13-12-. The maximum atomic E-state index is 8.49. The minimum Gasteiger partial charge on any atom is -0.392 e. The first kappa shape index (κ1) is 14.2. The third kappa shape index (κ3) is 13.2. The molecule has 1 N–H and O–H groups in total. The maximum Gasteiger partial charge on any atom is 0.0612 e. The van der Waals surface area contributed by atoms with Gasteiger partial charge in [-0.3, -0.25) is 0 Å². The van der Waals surface area contributed by atoms with Gasteiger partial charge in [0.15, 0.2) is 0 Å². The zero-order valence-corrected chi connectivity index (χ0v) is 9.86. The van der Waals surface area contributed by atoms with E-state index in [1.165, 1.54) is 25.7 Å². The first-order chi connectivity index (χ1) is 7.41. The summed E-state index contributed by atoms with van der Waals surface area (Å²) in [6.07, 6.45) is 19.6. The molecule has 86 valence electrons. The molecule has 0 saturated heterocycles. The SMILES string of the molecule is CCCCC/C=C\C/C=C\C/C=C\CO. The van der Waals surface area contributed by atoms with Crippen LogP contribution in [-0.2, 0) is 0 Å². The van der Waals surface area contributed by atoms with Crippen LogP contribution in [0.2, 0.25) is 0 Å². The van der Waals surface area contributed by atoms with Crippen molar-refractivity contribution in [3.63, 3.8) is 0 Å². The lowest BCUT2D eigenvalue weighted by Gasteiger charge is -1.90. The van der Waals surface area contributed by atoms with Gasteiger partial charge in [0, 0.05) is 0 Å². The summed E-state index contributed by atoms with van der Waals surface area (Å²) in [6, 6.07) is 0. The van der Waals surface area contributed by atoms with Crippen LogP contribution in [0.3, 0.4) is 0 Å². The Labute approximate surface area is 94.2 Å². The molecule has 0 heterocycles. The quantitative estimate of drug-likeness (QED) is 0.448. The first-order valence-electron chi connectivity index (χ1n) is 5.97. The van der Waals surface area contributed by atoms with E-state index in [0.717, 1.165) is 12.8 Å². The summed E-state index contributed by atoms with van der Waals surface area (Å²) in [6.45, 7) is 2.37. The van der Waals surface area contributed by atoms with Gasteiger partial charge in [-0.1, -0.05) is 56.2 Å². The van der Waals surface area contributed by atoms with Crippen molar-refractivity contribution in [2.45, 2.75) is 45.4 Å². The molecule has 0 aromatic rings. The van der Waals surface area contributed by atoms with Crippen molar-refractivity contribution < 1.29 is 5.11 Å². The molecule has 15 heavy (non-hydrogen) atoms. The van der Waals surface area contributed by atoms with Crippen LogP contribution in [0, 0.1) is 0 Å². The Kier molecular flexibility index (Phi) is 12.5. The van der Waals surface area contributed by atoms with Gasteiger partial charge in [-0.25, -0.2) is 0 Å². The average Bonchev–Trinajstić information content (AvgIpc) is 2.26. The lowest BCUT2D eigenvalue weighted by atomic mass is 10.2. The summed E-state index contributed by atoms with van der Waals surface area (Å²) in [4.78, 5) is 0. The van der Waals surface area contributed by atoms with Gasteiger partial charge >= 0.3 is 0 Å². The smallest absolute Gasteiger partial charge is 0.0612 e. The van der Waals surface area contributed by atoms with E-state index in [-0.39, 0.29) is 6.61 Å². The highest BCUT2D eigenvalue weighted by molar-refractivity contribution is 4.97. The minimum atomic E-state index is 0.144. The first-order valence-corrected chi connectivity index (χ1v) is 5.97. The van der Waals surface area contributed by atoms with E-state index in [1.54, 1.807) is 6.08 Å². The normalized spacial score (nSPS) is 12.4. The van der Waals surface area contributed by atoms with E-state index < -0.39 is 0 Å². The van der Waals surface area contributed by atoms with Gasteiger partial charge in [-0.15, -0.1) is 0 Å². The Morgan fingerprint density at radius 3 is 2.00 bits per heavy atom. The number of allylic oxidation sites excluding steroid dienone is 5. The molecule has 0 aliphatic carbocycles. The van der Waals surface area contributed by atoms with Crippen LogP contribution in [0.5, 0.6) is 0 Å². The van der Waals surface area contributed by atoms with Gasteiger partial charge in [0.2, 0.25) is 0 Å². The number of rotatable bonds is 9. The average molecular weight is 208 g/mol. The van der Waals surface area contributed by atoms with Crippen LogP contribution in [0.4, 0.5) is 0 Å². The molecule has 1 nitrogen and oxygen atoms in total. The van der Waals surface area contributed by atoms with E-state index in [9.17, 15) is 0 Å². The number of unbranched alkanes of at least 4 members (excludes halogenated alkanes) is 3. The third-order valence-corrected chi connectivity index (χ3v) is 2.12. The highest BCUT2D eigenvalue weighted by Crippen LogP contribution is 2.00. The van der Waals surface area contributed by atoms with E-state index >= 15 is 0 Å². The molecule has 0 fully saturated rings. The predicted octanol–water partition coefficient (Wildman–Crippen LogP) is 4.01. The van der Waals surface area contributed by atoms with Crippen LogP contribution in [0.15, 0.2) is 36.5 Å². The highest BCUT2D eigenvalue weighted by Gasteiger charge is 1.80. The lowest BCUT2D eigenvalue weighted by Crippen LogP contribution is -1.71. The Morgan fingerprint density at radius 1 is 0.800 bits per heavy atom. The second-order valence-corrected chi connectivity index (χ2v) is 3.56. The summed E-state index contributed by atoms with van der Waals surface area (Å²) in [5.74, 6) is 0. The highest BCUT2D eigenvalue weighted by atomic mass is 16.2. The van der Waals surface area contributed by atoms with Crippen molar-refractivity contribution in [1.82, 2.24) is 0 Å². The number of aliphatic hydroxyl groups excluding tert-OH is 1. The van der Waals surface area contributed by atoms with Gasteiger partial charge in [0.05, 0.1) is 6.61 Å².